The number of piperazine rings is 1. The van der Waals surface area contributed by atoms with Crippen molar-refractivity contribution in [2.45, 2.75) is 38.4 Å². The predicted molar refractivity (Wildman–Crippen MR) is 202 cm³/mol. The Balaban J connectivity index is 0.000000340. The van der Waals surface area contributed by atoms with E-state index in [4.69, 9.17) is 26.3 Å². The smallest absolute Gasteiger partial charge is 0.318 e. The highest BCUT2D eigenvalue weighted by Gasteiger charge is 2.34. The van der Waals surface area contributed by atoms with E-state index in [1.54, 1.807) is 30.5 Å². The van der Waals surface area contributed by atoms with Crippen LogP contribution in [0.25, 0.3) is 32.9 Å². The number of halogens is 3. The summed E-state index contributed by atoms with van der Waals surface area (Å²) in [6.45, 7) is 9.30. The molecule has 2 aromatic heterocycles. The Hall–Kier alpha value is -4.48. The van der Waals surface area contributed by atoms with Crippen LogP contribution in [0.4, 0.5) is 14.6 Å². The standard InChI is InChI=1S/C30H30ClFN6O3.C7H12FN.C2H3N/c1-40-30-34-28-22(19-33-27(26(28)32)21-7-2-5-20-6-3-8-23(31)25(20)21)29(35-30)38-13-11-37(12-14-38)24(39)9-4-10-36-15-17-41-18-16-36;8-6-4-7-2-1-3-9(7)5-6;1-2-3/h2-9,19H,10-18H2,1H3;6-7H,1-5H2;1H3/b9-4+;;. The second-order valence-electron chi connectivity index (χ2n) is 13.3. The quantitative estimate of drug-likeness (QED) is 0.221. The Kier molecular flexibility index (Phi) is 13.0. The Morgan fingerprint density at radius 2 is 1.83 bits per heavy atom. The number of nitriles is 1. The molecule has 14 heteroatoms. The molecule has 4 fully saturated rings. The first-order valence-corrected chi connectivity index (χ1v) is 18.5. The number of anilines is 1. The van der Waals surface area contributed by atoms with Gasteiger partial charge in [-0.05, 0) is 37.3 Å². The molecule has 8 rings (SSSR count). The number of ether oxygens (including phenoxy) is 2. The summed E-state index contributed by atoms with van der Waals surface area (Å²) in [4.78, 5) is 34.6. The first-order valence-electron chi connectivity index (χ1n) is 18.1. The second kappa shape index (κ2) is 18.0. The Labute approximate surface area is 313 Å². The van der Waals surface area contributed by atoms with Gasteiger partial charge >= 0.3 is 6.01 Å². The minimum absolute atomic E-state index is 0.0193. The van der Waals surface area contributed by atoms with Crippen LogP contribution in [0.5, 0.6) is 6.01 Å². The fourth-order valence-corrected chi connectivity index (χ4v) is 7.68. The van der Waals surface area contributed by atoms with E-state index >= 15 is 4.39 Å². The van der Waals surface area contributed by atoms with Crippen LogP contribution in [0.2, 0.25) is 5.02 Å². The summed E-state index contributed by atoms with van der Waals surface area (Å²) in [7, 11) is 1.45. The molecule has 4 aliphatic rings. The Morgan fingerprint density at radius 1 is 1.09 bits per heavy atom. The third-order valence-corrected chi connectivity index (χ3v) is 10.3. The molecule has 0 radical (unpaired) electrons. The van der Waals surface area contributed by atoms with E-state index in [9.17, 15) is 9.18 Å². The van der Waals surface area contributed by atoms with Gasteiger partial charge in [0.05, 0.1) is 31.8 Å². The van der Waals surface area contributed by atoms with Gasteiger partial charge in [-0.2, -0.15) is 15.2 Å². The molecule has 2 unspecified atom stereocenters. The first kappa shape index (κ1) is 38.3. The molecule has 1 amide bonds. The van der Waals surface area contributed by atoms with Gasteiger partial charge in [-0.1, -0.05) is 48.0 Å². The molecule has 4 aliphatic heterocycles. The molecule has 0 bridgehead atoms. The van der Waals surface area contributed by atoms with Gasteiger partial charge in [0.15, 0.2) is 5.82 Å². The molecule has 6 heterocycles. The van der Waals surface area contributed by atoms with Crippen LogP contribution in [-0.4, -0.2) is 127 Å². The maximum Gasteiger partial charge on any atom is 0.318 e. The number of nitrogens with zero attached hydrogens (tertiary/aromatic N) is 8. The number of hydrogen-bond acceptors (Lipinski definition) is 10. The lowest BCUT2D eigenvalue weighted by Gasteiger charge is -2.35. The van der Waals surface area contributed by atoms with Gasteiger partial charge in [-0.3, -0.25) is 19.6 Å². The van der Waals surface area contributed by atoms with Gasteiger partial charge in [0.1, 0.15) is 23.2 Å². The van der Waals surface area contributed by atoms with E-state index in [1.807, 2.05) is 40.1 Å². The molecule has 0 spiro atoms. The number of fused-ring (bicyclic) bond motifs is 3. The highest BCUT2D eigenvalue weighted by molar-refractivity contribution is 6.36. The van der Waals surface area contributed by atoms with Crippen LogP contribution < -0.4 is 9.64 Å². The zero-order valence-electron chi connectivity index (χ0n) is 30.2. The van der Waals surface area contributed by atoms with Crippen molar-refractivity contribution in [1.82, 2.24) is 29.7 Å². The van der Waals surface area contributed by atoms with Crippen molar-refractivity contribution in [2.75, 3.05) is 84.1 Å². The van der Waals surface area contributed by atoms with Crippen LogP contribution >= 0.6 is 11.6 Å². The van der Waals surface area contributed by atoms with Crippen molar-refractivity contribution in [2.24, 2.45) is 0 Å². The lowest BCUT2D eigenvalue weighted by Crippen LogP contribution is -2.48. The number of methoxy groups -OCH3 is 1. The molecule has 4 saturated heterocycles. The van der Waals surface area contributed by atoms with E-state index in [0.717, 1.165) is 56.6 Å². The van der Waals surface area contributed by atoms with Crippen LogP contribution in [0.15, 0.2) is 54.7 Å². The number of aromatic nitrogens is 3. The van der Waals surface area contributed by atoms with Gasteiger partial charge in [0.2, 0.25) is 5.91 Å². The molecule has 2 atom stereocenters. The highest BCUT2D eigenvalue weighted by atomic mass is 35.5. The summed E-state index contributed by atoms with van der Waals surface area (Å²) >= 11 is 6.51. The van der Waals surface area contributed by atoms with E-state index < -0.39 is 12.0 Å². The summed E-state index contributed by atoms with van der Waals surface area (Å²) in [5.41, 5.74) is 0.855. The largest absolute Gasteiger partial charge is 0.467 e. The van der Waals surface area contributed by atoms with Gasteiger partial charge < -0.3 is 19.3 Å². The minimum Gasteiger partial charge on any atom is -0.467 e. The number of morpholine rings is 1. The molecular weight excluding hydrogens is 702 g/mol. The van der Waals surface area contributed by atoms with Crippen molar-refractivity contribution in [3.8, 4) is 23.3 Å². The van der Waals surface area contributed by atoms with E-state index in [-0.39, 0.29) is 23.1 Å². The maximum atomic E-state index is 16.2. The topological polar surface area (TPSA) is 111 Å². The van der Waals surface area contributed by atoms with Crippen molar-refractivity contribution in [3.63, 3.8) is 0 Å². The van der Waals surface area contributed by atoms with Crippen molar-refractivity contribution >= 4 is 45.0 Å². The van der Waals surface area contributed by atoms with Crippen LogP contribution in [0.3, 0.4) is 0 Å². The maximum absolute atomic E-state index is 16.2. The molecule has 0 aliphatic carbocycles. The average Bonchev–Trinajstić information content (AvgIpc) is 3.77. The lowest BCUT2D eigenvalue weighted by molar-refractivity contribution is -0.126. The van der Waals surface area contributed by atoms with Gasteiger partial charge in [-0.15, -0.1) is 0 Å². The molecule has 0 N–H and O–H groups in total. The highest BCUT2D eigenvalue weighted by Crippen LogP contribution is 2.37. The summed E-state index contributed by atoms with van der Waals surface area (Å²) in [6, 6.07) is 13.6. The Morgan fingerprint density at radius 3 is 2.55 bits per heavy atom. The monoisotopic (exact) mass is 746 g/mol. The van der Waals surface area contributed by atoms with Crippen LogP contribution in [0.1, 0.15) is 26.2 Å². The SMILES string of the molecule is CC#N.COc1nc(N2CCN(C(=O)/C=C/CN3CCOCC3)CC2)c2cnc(-c3cccc4cccc(Cl)c34)c(F)c2n1.FC1CC2CCCN2C1. The molecular formula is C39H45ClF2N8O3. The van der Waals surface area contributed by atoms with E-state index in [1.165, 1.54) is 26.9 Å². The molecule has 4 aromatic rings. The average molecular weight is 747 g/mol. The zero-order chi connectivity index (χ0) is 37.3. The summed E-state index contributed by atoms with van der Waals surface area (Å²) in [5.74, 6) is -0.0686. The fraction of sp³-hybridized carbons (Fsp3) is 0.462. The number of hydrogen-bond donors (Lipinski definition) is 0. The van der Waals surface area contributed by atoms with Gasteiger partial charge in [-0.25, -0.2) is 8.78 Å². The summed E-state index contributed by atoms with van der Waals surface area (Å²) in [5, 5.41) is 9.93. The summed E-state index contributed by atoms with van der Waals surface area (Å²) < 4.78 is 39.5. The number of pyridine rings is 1. The zero-order valence-corrected chi connectivity index (χ0v) is 30.9. The van der Waals surface area contributed by atoms with Crippen LogP contribution in [-0.2, 0) is 9.53 Å². The molecule has 0 saturated carbocycles. The van der Waals surface area contributed by atoms with Crippen LogP contribution in [0, 0.1) is 17.1 Å². The normalized spacial score (nSPS) is 20.5. The van der Waals surface area contributed by atoms with Crippen molar-refractivity contribution in [3.05, 3.63) is 65.6 Å². The molecule has 2 aromatic carbocycles. The number of benzene rings is 2. The summed E-state index contributed by atoms with van der Waals surface area (Å²) in [6.07, 6.45) is 7.98. The van der Waals surface area contributed by atoms with E-state index in [0.29, 0.717) is 60.6 Å². The third-order valence-electron chi connectivity index (χ3n) is 10.0. The van der Waals surface area contributed by atoms with Crippen molar-refractivity contribution < 1.29 is 23.0 Å². The number of amides is 1. The number of rotatable bonds is 6. The first-order chi connectivity index (χ1) is 25.8. The van der Waals surface area contributed by atoms with Gasteiger partial charge in [0, 0.05) is 93.6 Å². The number of carbonyl (C=O) groups is 1. The minimum atomic E-state index is -0.573. The number of alkyl halides is 1. The predicted octanol–water partition coefficient (Wildman–Crippen LogP) is 5.91. The molecule has 53 heavy (non-hydrogen) atoms. The van der Waals surface area contributed by atoms with E-state index in [2.05, 4.69) is 24.8 Å². The Bertz CT molecular complexity index is 1950. The van der Waals surface area contributed by atoms with Gasteiger partial charge in [0.25, 0.3) is 0 Å². The lowest BCUT2D eigenvalue weighted by atomic mass is 10.0. The molecule has 11 nitrogen and oxygen atoms in total. The third kappa shape index (κ3) is 9.01. The molecule has 280 valence electrons. The fourth-order valence-electron chi connectivity index (χ4n) is 7.39. The second-order valence-corrected chi connectivity index (χ2v) is 13.7. The number of carbonyl (C=O) groups excluding carboxylic acids is 1. The van der Waals surface area contributed by atoms with Crippen molar-refractivity contribution in [1.29, 1.82) is 5.26 Å².